The smallest absolute Gasteiger partial charge is 0.416 e. The minimum atomic E-state index is -5.02. The van der Waals surface area contributed by atoms with Crippen molar-refractivity contribution in [1.82, 2.24) is 9.88 Å². The number of amides is 1. The number of carbonyl (C=O) groups is 1. The van der Waals surface area contributed by atoms with Gasteiger partial charge in [-0.25, -0.2) is 14.2 Å². The first-order chi connectivity index (χ1) is 15.7. The first-order valence-corrected chi connectivity index (χ1v) is 10.8. The van der Waals surface area contributed by atoms with Crippen molar-refractivity contribution in [3.8, 4) is 0 Å². The predicted octanol–water partition coefficient (Wildman–Crippen LogP) is 6.12. The summed E-state index contributed by atoms with van der Waals surface area (Å²) in [6, 6.07) is 1.90. The van der Waals surface area contributed by atoms with Crippen LogP contribution in [0.15, 0.2) is 34.9 Å². The number of alkyl halides is 7. The lowest BCUT2D eigenvalue weighted by Gasteiger charge is -2.35. The second-order valence-corrected chi connectivity index (χ2v) is 9.00. The van der Waals surface area contributed by atoms with E-state index in [9.17, 15) is 35.5 Å². The molecule has 2 aliphatic rings. The molecule has 1 aromatic carbocycles. The van der Waals surface area contributed by atoms with Crippen molar-refractivity contribution in [3.05, 3.63) is 57.2 Å². The lowest BCUT2D eigenvalue weighted by Crippen LogP contribution is -2.48. The van der Waals surface area contributed by atoms with Gasteiger partial charge < -0.3 is 9.64 Å². The summed E-state index contributed by atoms with van der Waals surface area (Å²) in [4.78, 5) is 19.6. The summed E-state index contributed by atoms with van der Waals surface area (Å²) in [5, 5.41) is 0. The molecule has 184 valence electrons. The van der Waals surface area contributed by atoms with Gasteiger partial charge in [-0.15, -0.1) is 0 Å². The summed E-state index contributed by atoms with van der Waals surface area (Å²) in [6.07, 6.45) is -11.8. The molecule has 2 saturated heterocycles. The highest BCUT2D eigenvalue weighted by Crippen LogP contribution is 2.41. The lowest BCUT2D eigenvalue weighted by atomic mass is 9.97. The Morgan fingerprint density at radius 3 is 2.18 bits per heavy atom. The molecule has 0 unspecified atom stereocenters. The molecule has 5 nitrogen and oxygen atoms in total. The number of halogens is 8. The normalized spacial score (nSPS) is 21.6. The first kappa shape index (κ1) is 24.6. The molecular formula is C21H17BrF7N3O2. The summed E-state index contributed by atoms with van der Waals surface area (Å²) in [7, 11) is 0. The molecule has 4 rings (SSSR count). The quantitative estimate of drug-likeness (QED) is 0.426. The zero-order valence-corrected chi connectivity index (χ0v) is 19.0. The van der Waals surface area contributed by atoms with Crippen LogP contribution < -0.4 is 4.90 Å². The first-order valence-electron chi connectivity index (χ1n) is 10.0. The Balaban J connectivity index is 1.61. The maximum absolute atomic E-state index is 13.2. The Labute approximate surface area is 197 Å². The molecule has 0 spiro atoms. The van der Waals surface area contributed by atoms with Crippen molar-refractivity contribution in [1.29, 1.82) is 0 Å². The minimum absolute atomic E-state index is 0.0239. The van der Waals surface area contributed by atoms with Gasteiger partial charge in [-0.1, -0.05) is 0 Å². The number of nitrogens with zero attached hydrogens (tertiary/aromatic N) is 3. The van der Waals surface area contributed by atoms with Crippen LogP contribution in [0.4, 0.5) is 41.3 Å². The molecule has 34 heavy (non-hydrogen) atoms. The Bertz CT molecular complexity index is 1070. The Kier molecular flexibility index (Phi) is 6.19. The molecule has 0 radical (unpaired) electrons. The highest BCUT2D eigenvalue weighted by molar-refractivity contribution is 9.10. The summed E-state index contributed by atoms with van der Waals surface area (Å²) >= 11 is 3.32. The maximum atomic E-state index is 13.2. The standard InChI is InChI=1S/C21H17BrF7N3O2/c1-10-18(11-2-13(20(24,25)26)5-14(3-11)21(27,28)29)34-19(33)32(10)7-12-4-17(30-6-16(12)22)31-8-15(23)9-31/h2-6,10,15,18H,7-9H2,1H3/t10-,18-/m0/s1. The van der Waals surface area contributed by atoms with Gasteiger partial charge >= 0.3 is 18.4 Å². The fraction of sp³-hybridized carbons (Fsp3) is 0.429. The molecule has 13 heteroatoms. The fourth-order valence-corrected chi connectivity index (χ4v) is 4.20. The van der Waals surface area contributed by atoms with Crippen molar-refractivity contribution in [2.24, 2.45) is 0 Å². The number of anilines is 1. The fourth-order valence-electron chi connectivity index (χ4n) is 3.86. The van der Waals surface area contributed by atoms with Gasteiger partial charge in [0, 0.05) is 10.7 Å². The molecule has 0 aliphatic carbocycles. The number of aromatic nitrogens is 1. The predicted molar refractivity (Wildman–Crippen MR) is 110 cm³/mol. The van der Waals surface area contributed by atoms with Crippen LogP contribution in [0.25, 0.3) is 0 Å². The molecular weight excluding hydrogens is 539 g/mol. The van der Waals surface area contributed by atoms with Gasteiger partial charge in [-0.3, -0.25) is 4.90 Å². The van der Waals surface area contributed by atoms with Crippen LogP contribution in [-0.2, 0) is 23.6 Å². The van der Waals surface area contributed by atoms with Gasteiger partial charge in [0.1, 0.15) is 18.1 Å². The van der Waals surface area contributed by atoms with E-state index in [4.69, 9.17) is 4.74 Å². The van der Waals surface area contributed by atoms with Crippen molar-refractivity contribution < 1.29 is 40.3 Å². The third kappa shape index (κ3) is 4.80. The molecule has 2 aromatic rings. The van der Waals surface area contributed by atoms with E-state index >= 15 is 0 Å². The summed E-state index contributed by atoms with van der Waals surface area (Å²) in [6.45, 7) is 1.78. The number of hydrogen-bond acceptors (Lipinski definition) is 4. The number of carbonyl (C=O) groups excluding carboxylic acids is 1. The molecule has 2 fully saturated rings. The van der Waals surface area contributed by atoms with Crippen LogP contribution in [0.2, 0.25) is 0 Å². The van der Waals surface area contributed by atoms with E-state index in [-0.39, 0.29) is 25.7 Å². The van der Waals surface area contributed by atoms with E-state index in [1.54, 1.807) is 11.0 Å². The van der Waals surface area contributed by atoms with E-state index in [0.717, 1.165) is 0 Å². The van der Waals surface area contributed by atoms with Gasteiger partial charge in [0.25, 0.3) is 0 Å². The van der Waals surface area contributed by atoms with Crippen molar-refractivity contribution in [2.75, 3.05) is 18.0 Å². The number of pyridine rings is 1. The Hall–Kier alpha value is -2.57. The maximum Gasteiger partial charge on any atom is 0.416 e. The van der Waals surface area contributed by atoms with Gasteiger partial charge in [-0.2, -0.15) is 26.3 Å². The SMILES string of the molecule is C[C@H]1[C@@H](c2cc(C(F)(F)F)cc(C(F)(F)F)c2)OC(=O)N1Cc1cc(N2CC(F)C2)ncc1Br. The highest BCUT2D eigenvalue weighted by Gasteiger charge is 2.43. The highest BCUT2D eigenvalue weighted by atomic mass is 79.9. The number of rotatable bonds is 4. The minimum Gasteiger partial charge on any atom is -0.439 e. The zero-order chi connectivity index (χ0) is 25.0. The third-order valence-electron chi connectivity index (χ3n) is 5.75. The van der Waals surface area contributed by atoms with Crippen LogP contribution in [-0.4, -0.2) is 41.3 Å². The van der Waals surface area contributed by atoms with Crippen LogP contribution >= 0.6 is 15.9 Å². The summed E-state index contributed by atoms with van der Waals surface area (Å²) in [5.74, 6) is 0.483. The molecule has 1 amide bonds. The average molecular weight is 556 g/mol. The molecule has 0 N–H and O–H groups in total. The van der Waals surface area contributed by atoms with E-state index in [1.807, 2.05) is 0 Å². The largest absolute Gasteiger partial charge is 0.439 e. The van der Waals surface area contributed by atoms with E-state index in [0.29, 0.717) is 28.0 Å². The molecule has 0 bridgehead atoms. The average Bonchev–Trinajstić information content (AvgIpc) is 3.00. The van der Waals surface area contributed by atoms with Gasteiger partial charge in [0.15, 0.2) is 0 Å². The Morgan fingerprint density at radius 1 is 1.06 bits per heavy atom. The van der Waals surface area contributed by atoms with Gasteiger partial charge in [0.05, 0.1) is 36.8 Å². The second-order valence-electron chi connectivity index (χ2n) is 8.15. The third-order valence-corrected chi connectivity index (χ3v) is 6.47. The molecule has 1 aromatic heterocycles. The van der Waals surface area contributed by atoms with Crippen molar-refractivity contribution >= 4 is 27.8 Å². The Morgan fingerprint density at radius 2 is 1.65 bits per heavy atom. The number of ether oxygens (including phenoxy) is 1. The number of benzene rings is 1. The van der Waals surface area contributed by atoms with E-state index in [1.165, 1.54) is 18.0 Å². The molecule has 0 saturated carbocycles. The van der Waals surface area contributed by atoms with Crippen LogP contribution in [0.3, 0.4) is 0 Å². The second kappa shape index (κ2) is 8.58. The monoisotopic (exact) mass is 555 g/mol. The lowest BCUT2D eigenvalue weighted by molar-refractivity contribution is -0.143. The van der Waals surface area contributed by atoms with Crippen LogP contribution in [0.5, 0.6) is 0 Å². The van der Waals surface area contributed by atoms with Crippen LogP contribution in [0, 0.1) is 0 Å². The van der Waals surface area contributed by atoms with E-state index in [2.05, 4.69) is 20.9 Å². The number of hydrogen-bond donors (Lipinski definition) is 0. The molecule has 3 heterocycles. The summed E-state index contributed by atoms with van der Waals surface area (Å²) in [5.41, 5.74) is -2.81. The summed E-state index contributed by atoms with van der Waals surface area (Å²) < 4.78 is 98.4. The zero-order valence-electron chi connectivity index (χ0n) is 17.4. The number of cyclic esters (lactones) is 1. The van der Waals surface area contributed by atoms with Gasteiger partial charge in [0.2, 0.25) is 0 Å². The molecule has 2 atom stereocenters. The topological polar surface area (TPSA) is 45.7 Å². The van der Waals surface area contributed by atoms with Crippen molar-refractivity contribution in [2.45, 2.75) is 44.1 Å². The molecule has 2 aliphatic heterocycles. The van der Waals surface area contributed by atoms with Gasteiger partial charge in [-0.05, 0) is 58.2 Å². The van der Waals surface area contributed by atoms with E-state index < -0.39 is 53.5 Å². The van der Waals surface area contributed by atoms with Crippen molar-refractivity contribution in [3.63, 3.8) is 0 Å². The van der Waals surface area contributed by atoms with Crippen LogP contribution in [0.1, 0.15) is 35.3 Å².